The molecule has 0 amide bonds. The molecule has 0 N–H and O–H groups in total. The minimum absolute atomic E-state index is 0.0198. The molecule has 2 aromatic carbocycles. The Morgan fingerprint density at radius 1 is 0.733 bits per heavy atom. The molecule has 2 heterocycles. The van der Waals surface area contributed by atoms with Crippen LogP contribution in [-0.4, -0.2) is 86.9 Å². The molecule has 246 valence electrons. The molecule has 4 rings (SSSR count). The van der Waals surface area contributed by atoms with E-state index in [1.807, 2.05) is 67.6 Å². The molecule has 2 aliphatic rings. The average Bonchev–Trinajstić information content (AvgIpc) is 3.01. The van der Waals surface area contributed by atoms with E-state index in [0.717, 1.165) is 11.1 Å². The van der Waals surface area contributed by atoms with Crippen LogP contribution in [-0.2, 0) is 70.2 Å². The predicted octanol–water partition coefficient (Wildman–Crippen LogP) is 3.48. The first kappa shape index (κ1) is 34.5. The minimum atomic E-state index is -1.03. The fourth-order valence-electron chi connectivity index (χ4n) is 5.41. The Morgan fingerprint density at radius 3 is 1.84 bits per heavy atom. The molecule has 0 aliphatic carbocycles. The van der Waals surface area contributed by atoms with Gasteiger partial charge in [-0.3, -0.25) is 14.4 Å². The number of esters is 3. The highest BCUT2D eigenvalue weighted by atomic mass is 16.7. The Morgan fingerprint density at radius 2 is 1.31 bits per heavy atom. The van der Waals surface area contributed by atoms with Crippen molar-refractivity contribution < 1.29 is 57.0 Å². The van der Waals surface area contributed by atoms with E-state index in [1.165, 1.54) is 27.9 Å². The first-order valence-electron chi connectivity index (χ1n) is 14.9. The van der Waals surface area contributed by atoms with Crippen LogP contribution in [0, 0.1) is 0 Å². The van der Waals surface area contributed by atoms with Crippen molar-refractivity contribution in [2.24, 2.45) is 0 Å². The molecule has 0 spiro atoms. The van der Waals surface area contributed by atoms with E-state index in [9.17, 15) is 14.4 Å². The first-order valence-corrected chi connectivity index (χ1v) is 14.9. The van der Waals surface area contributed by atoms with Crippen LogP contribution in [0.25, 0.3) is 0 Å². The maximum atomic E-state index is 12.0. The summed E-state index contributed by atoms with van der Waals surface area (Å²) in [5, 5.41) is 0. The zero-order chi connectivity index (χ0) is 32.3. The second-order valence-electron chi connectivity index (χ2n) is 10.9. The quantitative estimate of drug-likeness (QED) is 0.237. The highest BCUT2D eigenvalue weighted by molar-refractivity contribution is 5.67. The van der Waals surface area contributed by atoms with Crippen LogP contribution in [0.15, 0.2) is 60.7 Å². The molecule has 45 heavy (non-hydrogen) atoms. The van der Waals surface area contributed by atoms with Crippen LogP contribution >= 0.6 is 0 Å². The van der Waals surface area contributed by atoms with Crippen LogP contribution < -0.4 is 0 Å². The molecule has 0 unspecified atom stereocenters. The summed E-state index contributed by atoms with van der Waals surface area (Å²) in [5.74, 6) is -1.75. The van der Waals surface area contributed by atoms with Crippen LogP contribution in [0.4, 0.5) is 0 Å². The number of carbonyl (C=O) groups excluding carboxylic acids is 3. The third-order valence-electron chi connectivity index (χ3n) is 7.39. The monoisotopic (exact) mass is 630 g/mol. The predicted molar refractivity (Wildman–Crippen MR) is 157 cm³/mol. The number of benzene rings is 2. The van der Waals surface area contributed by atoms with Gasteiger partial charge >= 0.3 is 17.9 Å². The van der Waals surface area contributed by atoms with Crippen molar-refractivity contribution in [3.05, 3.63) is 71.8 Å². The Balaban J connectivity index is 1.61. The highest BCUT2D eigenvalue weighted by Gasteiger charge is 2.50. The fraction of sp³-hybridized carbons (Fsp3) is 0.545. The molecule has 2 fully saturated rings. The van der Waals surface area contributed by atoms with Crippen molar-refractivity contribution in [1.29, 1.82) is 0 Å². The lowest BCUT2D eigenvalue weighted by Gasteiger charge is -2.47. The molecule has 0 saturated carbocycles. The molecule has 0 radical (unpaired) electrons. The summed E-state index contributed by atoms with van der Waals surface area (Å²) in [4.78, 5) is 35.6. The molecule has 9 atom stereocenters. The summed E-state index contributed by atoms with van der Waals surface area (Å²) in [6.45, 7) is 5.82. The van der Waals surface area contributed by atoms with Gasteiger partial charge in [0.05, 0.1) is 19.3 Å². The Hall–Kier alpha value is -3.39. The maximum absolute atomic E-state index is 12.0. The molecule has 2 aliphatic heterocycles. The van der Waals surface area contributed by atoms with Gasteiger partial charge in [-0.05, 0) is 18.1 Å². The van der Waals surface area contributed by atoms with E-state index in [4.69, 9.17) is 42.6 Å². The third-order valence-corrected chi connectivity index (χ3v) is 7.39. The second-order valence-corrected chi connectivity index (χ2v) is 10.9. The zero-order valence-electron chi connectivity index (χ0n) is 26.2. The van der Waals surface area contributed by atoms with Gasteiger partial charge in [0.1, 0.15) is 37.1 Å². The summed E-state index contributed by atoms with van der Waals surface area (Å²) >= 11 is 0. The molecule has 12 nitrogen and oxygen atoms in total. The Kier molecular flexibility index (Phi) is 12.9. The zero-order valence-corrected chi connectivity index (χ0v) is 26.2. The Labute approximate surface area is 263 Å². The van der Waals surface area contributed by atoms with E-state index in [1.54, 1.807) is 0 Å². The normalized spacial score (nSPS) is 29.8. The van der Waals surface area contributed by atoms with Gasteiger partial charge in [0.15, 0.2) is 18.7 Å². The number of rotatable bonds is 13. The van der Waals surface area contributed by atoms with Crippen LogP contribution in [0.3, 0.4) is 0 Å². The summed E-state index contributed by atoms with van der Waals surface area (Å²) < 4.78 is 53.7. The van der Waals surface area contributed by atoms with Crippen molar-refractivity contribution in [3.8, 4) is 0 Å². The van der Waals surface area contributed by atoms with E-state index >= 15 is 0 Å². The maximum Gasteiger partial charge on any atom is 0.303 e. The number of carbonyl (C=O) groups is 3. The van der Waals surface area contributed by atoms with Gasteiger partial charge in [0.25, 0.3) is 0 Å². The molecule has 2 aromatic rings. The van der Waals surface area contributed by atoms with Gasteiger partial charge in [0.2, 0.25) is 0 Å². The third kappa shape index (κ3) is 10.1. The van der Waals surface area contributed by atoms with Gasteiger partial charge in [-0.25, -0.2) is 0 Å². The van der Waals surface area contributed by atoms with Gasteiger partial charge in [-0.15, -0.1) is 0 Å². The van der Waals surface area contributed by atoms with Crippen molar-refractivity contribution in [1.82, 2.24) is 0 Å². The molecular weight excluding hydrogens is 588 g/mol. The summed E-state index contributed by atoms with van der Waals surface area (Å²) in [5.41, 5.74) is 1.90. The number of ether oxygens (including phenoxy) is 9. The largest absolute Gasteiger partial charge is 0.463 e. The molecule has 0 bridgehead atoms. The lowest BCUT2D eigenvalue weighted by Crippen LogP contribution is -2.62. The molecule has 0 aromatic heterocycles. The lowest BCUT2D eigenvalue weighted by molar-refractivity contribution is -0.346. The van der Waals surface area contributed by atoms with Crippen LogP contribution in [0.5, 0.6) is 0 Å². The van der Waals surface area contributed by atoms with Crippen LogP contribution in [0.2, 0.25) is 0 Å². The lowest BCUT2D eigenvalue weighted by atomic mass is 9.97. The summed E-state index contributed by atoms with van der Waals surface area (Å²) in [7, 11) is 1.54. The smallest absolute Gasteiger partial charge is 0.303 e. The van der Waals surface area contributed by atoms with E-state index in [-0.39, 0.29) is 26.2 Å². The highest BCUT2D eigenvalue weighted by Crippen LogP contribution is 2.34. The van der Waals surface area contributed by atoms with Gasteiger partial charge < -0.3 is 42.6 Å². The fourth-order valence-corrected chi connectivity index (χ4v) is 5.41. The van der Waals surface area contributed by atoms with Crippen molar-refractivity contribution in [3.63, 3.8) is 0 Å². The number of hydrogen-bond donors (Lipinski definition) is 0. The van der Waals surface area contributed by atoms with Crippen LogP contribution in [0.1, 0.15) is 45.2 Å². The molecular formula is C33H42O12. The average molecular weight is 631 g/mol. The topological polar surface area (TPSA) is 134 Å². The first-order chi connectivity index (χ1) is 21.6. The number of hydrogen-bond acceptors (Lipinski definition) is 12. The van der Waals surface area contributed by atoms with E-state index in [2.05, 4.69) is 0 Å². The SMILES string of the molecule is CO[C@H]1O[C@H](C)[C@@H](O[C@@H]2C[C@@H](OC(C)=O)[C@H](OC(C)=O)[C@@H](COC(C)=O)O2)[C@H](OCc2ccccc2)[C@H]1OCc1ccccc1. The standard InChI is InChI=1S/C33H42O12/c1-20-29(45-28-16-26(42-22(3)35)30(43-23(4)36)27(44-28)19-38-21(2)34)31(39-17-24-12-8-6-9-13-24)32(33(37-5)41-20)40-18-25-14-10-7-11-15-25/h6-15,20,26-33H,16-19H2,1-5H3/t20-,26-,27-,28-,29-,30+,31+,32-,33+/m1/s1. The van der Waals surface area contributed by atoms with Crippen molar-refractivity contribution in [2.75, 3.05) is 13.7 Å². The minimum Gasteiger partial charge on any atom is -0.463 e. The van der Waals surface area contributed by atoms with E-state index in [0.29, 0.717) is 0 Å². The van der Waals surface area contributed by atoms with Gasteiger partial charge in [-0.2, -0.15) is 0 Å². The van der Waals surface area contributed by atoms with Gasteiger partial charge in [0, 0.05) is 34.3 Å². The number of methoxy groups -OCH3 is 1. The summed E-state index contributed by atoms with van der Waals surface area (Å²) in [6, 6.07) is 19.4. The van der Waals surface area contributed by atoms with Crippen molar-refractivity contribution >= 4 is 17.9 Å². The second kappa shape index (κ2) is 16.8. The molecule has 12 heteroatoms. The summed E-state index contributed by atoms with van der Waals surface area (Å²) in [6.07, 6.45) is -7.40. The Bertz CT molecular complexity index is 1220. The van der Waals surface area contributed by atoms with E-state index < -0.39 is 73.2 Å². The molecule has 2 saturated heterocycles. The van der Waals surface area contributed by atoms with Gasteiger partial charge in [-0.1, -0.05) is 60.7 Å². The van der Waals surface area contributed by atoms with Crippen molar-refractivity contribution in [2.45, 2.75) is 103 Å².